The van der Waals surface area contributed by atoms with Gasteiger partial charge < -0.3 is 0 Å². The molecule has 2 aromatic rings. The van der Waals surface area contributed by atoms with Crippen LogP contribution in [0.4, 0.5) is 0 Å². The largest absolute Gasteiger partial charge is 0.260 e. The quantitative estimate of drug-likeness (QED) is 0.678. The maximum Gasteiger partial charge on any atom is 0.0796 e. The Morgan fingerprint density at radius 1 is 0.941 bits per heavy atom. The van der Waals surface area contributed by atoms with Gasteiger partial charge in [-0.05, 0) is 23.8 Å². The minimum Gasteiger partial charge on any atom is -0.260 e. The second kappa shape index (κ2) is 3.14. The van der Waals surface area contributed by atoms with E-state index >= 15 is 0 Å². The third kappa shape index (κ3) is 1.10. The Morgan fingerprint density at radius 3 is 2.71 bits per heavy atom. The summed E-state index contributed by atoms with van der Waals surface area (Å²) in [5.74, 6) is 0.308. The molecule has 0 N–H and O–H groups in total. The first-order chi connectivity index (χ1) is 8.45. The summed E-state index contributed by atoms with van der Waals surface area (Å²) in [6.07, 6.45) is 10.2. The van der Waals surface area contributed by atoms with Crippen molar-refractivity contribution in [1.82, 2.24) is 9.97 Å². The molecule has 1 unspecified atom stereocenters. The molecule has 2 nitrogen and oxygen atoms in total. The van der Waals surface area contributed by atoms with E-state index in [4.69, 9.17) is 0 Å². The highest BCUT2D eigenvalue weighted by molar-refractivity contribution is 5.91. The zero-order valence-electron chi connectivity index (χ0n) is 9.17. The molecular formula is C15H10N2. The van der Waals surface area contributed by atoms with Gasteiger partial charge in [0.05, 0.1) is 11.4 Å². The predicted octanol–water partition coefficient (Wildman–Crippen LogP) is 3.19. The van der Waals surface area contributed by atoms with Gasteiger partial charge >= 0.3 is 0 Å². The maximum absolute atomic E-state index is 4.53. The molecule has 80 valence electrons. The summed E-state index contributed by atoms with van der Waals surface area (Å²) < 4.78 is 0. The smallest absolute Gasteiger partial charge is 0.0796 e. The molecule has 2 heteroatoms. The zero-order chi connectivity index (χ0) is 11.2. The fourth-order valence-electron chi connectivity index (χ4n) is 2.69. The Kier molecular flexibility index (Phi) is 1.64. The average molecular weight is 218 g/mol. The molecule has 0 spiro atoms. The maximum atomic E-state index is 4.53. The highest BCUT2D eigenvalue weighted by Crippen LogP contribution is 2.46. The fourth-order valence-corrected chi connectivity index (χ4v) is 2.69. The van der Waals surface area contributed by atoms with Crippen molar-refractivity contribution < 1.29 is 0 Å². The highest BCUT2D eigenvalue weighted by Gasteiger charge is 2.30. The molecule has 17 heavy (non-hydrogen) atoms. The molecule has 4 rings (SSSR count). The highest BCUT2D eigenvalue weighted by atomic mass is 14.7. The van der Waals surface area contributed by atoms with E-state index in [0.29, 0.717) is 5.92 Å². The molecular weight excluding hydrogens is 208 g/mol. The van der Waals surface area contributed by atoms with Gasteiger partial charge in [-0.25, -0.2) is 0 Å². The lowest BCUT2D eigenvalue weighted by Gasteiger charge is -2.24. The Labute approximate surface area is 99.4 Å². The standard InChI is InChI=1S/C15H10N2/c1-4-10-11(5-1)14-13(7-3-9-17-14)15-12(10)6-2-8-16-15/h1-9,11H. The molecule has 0 fully saturated rings. The number of pyridine rings is 2. The second-order valence-electron chi connectivity index (χ2n) is 4.32. The van der Waals surface area contributed by atoms with E-state index in [-0.39, 0.29) is 0 Å². The van der Waals surface area contributed by atoms with Gasteiger partial charge in [-0.15, -0.1) is 0 Å². The molecule has 2 heterocycles. The van der Waals surface area contributed by atoms with Crippen molar-refractivity contribution in [1.29, 1.82) is 0 Å². The van der Waals surface area contributed by atoms with Crippen LogP contribution < -0.4 is 0 Å². The molecule has 2 aliphatic carbocycles. The van der Waals surface area contributed by atoms with Crippen LogP contribution in [0.1, 0.15) is 17.2 Å². The van der Waals surface area contributed by atoms with Gasteiger partial charge in [0.2, 0.25) is 0 Å². The molecule has 0 bridgehead atoms. The van der Waals surface area contributed by atoms with E-state index in [9.17, 15) is 0 Å². The number of aromatic nitrogens is 2. The first kappa shape index (κ1) is 8.88. The Morgan fingerprint density at radius 2 is 1.76 bits per heavy atom. The van der Waals surface area contributed by atoms with Gasteiger partial charge in [0.1, 0.15) is 0 Å². The number of nitrogens with zero attached hydrogens (tertiary/aromatic N) is 2. The summed E-state index contributed by atoms with van der Waals surface area (Å²) in [7, 11) is 0. The number of rotatable bonds is 0. The lowest BCUT2D eigenvalue weighted by atomic mass is 9.82. The van der Waals surface area contributed by atoms with Crippen LogP contribution in [0.2, 0.25) is 0 Å². The fraction of sp³-hybridized carbons (Fsp3) is 0.0667. The van der Waals surface area contributed by atoms with Crippen molar-refractivity contribution in [2.45, 2.75) is 5.92 Å². The molecule has 1 atom stereocenters. The van der Waals surface area contributed by atoms with E-state index < -0.39 is 0 Å². The van der Waals surface area contributed by atoms with Gasteiger partial charge in [0.25, 0.3) is 0 Å². The first-order valence-corrected chi connectivity index (χ1v) is 5.74. The van der Waals surface area contributed by atoms with Crippen LogP contribution in [0.25, 0.3) is 16.8 Å². The average Bonchev–Trinajstić information content (AvgIpc) is 2.89. The summed E-state index contributed by atoms with van der Waals surface area (Å²) in [5, 5.41) is 0. The van der Waals surface area contributed by atoms with Crippen molar-refractivity contribution in [3.05, 3.63) is 66.1 Å². The van der Waals surface area contributed by atoms with Crippen LogP contribution in [-0.4, -0.2) is 9.97 Å². The zero-order valence-corrected chi connectivity index (χ0v) is 9.17. The summed E-state index contributed by atoms with van der Waals surface area (Å²) >= 11 is 0. The number of hydrogen-bond donors (Lipinski definition) is 0. The van der Waals surface area contributed by atoms with Gasteiger partial charge in [0.15, 0.2) is 0 Å². The molecule has 2 aliphatic rings. The normalized spacial score (nSPS) is 19.3. The third-order valence-electron chi connectivity index (χ3n) is 3.42. The van der Waals surface area contributed by atoms with Gasteiger partial charge in [-0.2, -0.15) is 0 Å². The molecule has 0 saturated heterocycles. The minimum atomic E-state index is 0.308. The summed E-state index contributed by atoms with van der Waals surface area (Å²) in [4.78, 5) is 9.04. The summed E-state index contributed by atoms with van der Waals surface area (Å²) in [6, 6.07) is 8.22. The van der Waals surface area contributed by atoms with Gasteiger partial charge in [-0.1, -0.05) is 24.3 Å². The second-order valence-corrected chi connectivity index (χ2v) is 4.32. The Hall–Kier alpha value is -2.22. The van der Waals surface area contributed by atoms with Crippen LogP contribution in [-0.2, 0) is 0 Å². The lowest BCUT2D eigenvalue weighted by Crippen LogP contribution is -2.09. The summed E-state index contributed by atoms with van der Waals surface area (Å²) in [6.45, 7) is 0. The molecule has 0 aromatic carbocycles. The van der Waals surface area contributed by atoms with E-state index in [0.717, 1.165) is 17.0 Å². The van der Waals surface area contributed by atoms with Crippen LogP contribution in [0.3, 0.4) is 0 Å². The lowest BCUT2D eigenvalue weighted by molar-refractivity contribution is 1.000. The predicted molar refractivity (Wildman–Crippen MR) is 67.3 cm³/mol. The monoisotopic (exact) mass is 218 g/mol. The molecule has 2 aromatic heterocycles. The van der Waals surface area contributed by atoms with Gasteiger partial charge in [0, 0.05) is 29.4 Å². The van der Waals surface area contributed by atoms with E-state index in [1.54, 1.807) is 0 Å². The van der Waals surface area contributed by atoms with Crippen molar-refractivity contribution in [3.63, 3.8) is 0 Å². The van der Waals surface area contributed by atoms with E-state index in [2.05, 4.69) is 40.3 Å². The molecule has 0 amide bonds. The number of allylic oxidation sites excluding steroid dienone is 4. The van der Waals surface area contributed by atoms with Crippen molar-refractivity contribution >= 4 is 5.57 Å². The molecule has 0 radical (unpaired) electrons. The van der Waals surface area contributed by atoms with Gasteiger partial charge in [-0.3, -0.25) is 9.97 Å². The minimum absolute atomic E-state index is 0.308. The van der Waals surface area contributed by atoms with Crippen LogP contribution in [0, 0.1) is 0 Å². The van der Waals surface area contributed by atoms with Crippen LogP contribution >= 0.6 is 0 Å². The van der Waals surface area contributed by atoms with E-state index in [1.807, 2.05) is 24.5 Å². The molecule has 0 saturated carbocycles. The van der Waals surface area contributed by atoms with E-state index in [1.165, 1.54) is 11.1 Å². The topological polar surface area (TPSA) is 25.8 Å². The van der Waals surface area contributed by atoms with Crippen molar-refractivity contribution in [3.8, 4) is 11.3 Å². The first-order valence-electron chi connectivity index (χ1n) is 5.74. The van der Waals surface area contributed by atoms with Crippen molar-refractivity contribution in [2.75, 3.05) is 0 Å². The SMILES string of the molecule is C1=CC2C(=C1)c1cccnc1-c1cccnc12. The Bertz CT molecular complexity index is 668. The third-order valence-corrected chi connectivity index (χ3v) is 3.42. The van der Waals surface area contributed by atoms with Crippen LogP contribution in [0.15, 0.2) is 54.9 Å². The number of fused-ring (bicyclic) bond motifs is 6. The number of hydrogen-bond acceptors (Lipinski definition) is 2. The molecule has 0 aliphatic heterocycles. The Balaban J connectivity index is 2.12. The summed E-state index contributed by atoms with van der Waals surface area (Å²) in [5.41, 5.74) is 5.90. The van der Waals surface area contributed by atoms with Crippen LogP contribution in [0.5, 0.6) is 0 Å². The van der Waals surface area contributed by atoms with Crippen molar-refractivity contribution in [2.24, 2.45) is 0 Å².